The molecule has 0 amide bonds. The first-order chi connectivity index (χ1) is 12.4. The topological polar surface area (TPSA) is 106 Å². The number of hydrogen-bond acceptors (Lipinski definition) is 6. The maximum absolute atomic E-state index is 12.7. The van der Waals surface area contributed by atoms with Crippen LogP contribution in [0.25, 0.3) is 10.6 Å². The summed E-state index contributed by atoms with van der Waals surface area (Å²) in [6, 6.07) is 13.2. The lowest BCUT2D eigenvalue weighted by atomic mass is 10.2. The van der Waals surface area contributed by atoms with Gasteiger partial charge in [0.25, 0.3) is 10.0 Å². The summed E-state index contributed by atoms with van der Waals surface area (Å²) in [7, 11) is -3.91. The van der Waals surface area contributed by atoms with Crippen LogP contribution in [0.1, 0.15) is 5.56 Å². The molecule has 0 saturated carbocycles. The maximum Gasteiger partial charge on any atom is 0.512 e. The summed E-state index contributed by atoms with van der Waals surface area (Å²) in [6.07, 6.45) is 0.0556. The molecule has 9 heteroatoms. The third-order valence-corrected chi connectivity index (χ3v) is 5.98. The Morgan fingerprint density at radius 1 is 1.19 bits per heavy atom. The van der Waals surface area contributed by atoms with E-state index in [2.05, 4.69) is 9.71 Å². The normalized spacial score (nSPS) is 11.1. The second kappa shape index (κ2) is 7.14. The number of nitrogens with one attached hydrogen (secondary N) is 1. The van der Waals surface area contributed by atoms with Crippen LogP contribution >= 0.6 is 11.3 Å². The first-order valence-electron chi connectivity index (χ1n) is 7.41. The number of rotatable bonds is 5. The fraction of sp³-hybridized carbons (Fsp3) is 0.0588. The van der Waals surface area contributed by atoms with E-state index in [4.69, 9.17) is 9.84 Å². The molecule has 0 radical (unpaired) electrons. The molecule has 2 aromatic heterocycles. The Morgan fingerprint density at radius 3 is 2.58 bits per heavy atom. The number of ether oxygens (including phenoxy) is 1. The number of pyridine rings is 1. The Bertz CT molecular complexity index is 1050. The number of sulfonamides is 1. The predicted octanol–water partition coefficient (Wildman–Crippen LogP) is 3.98. The summed E-state index contributed by atoms with van der Waals surface area (Å²) in [6.45, 7) is 1.68. The van der Waals surface area contributed by atoms with E-state index in [-0.39, 0.29) is 15.6 Å². The van der Waals surface area contributed by atoms with Crippen molar-refractivity contribution < 1.29 is 23.1 Å². The number of carboxylic acid groups (broad SMARTS) is 1. The number of carbonyl (C=O) groups is 1. The van der Waals surface area contributed by atoms with Crippen LogP contribution in [0.15, 0.2) is 59.6 Å². The van der Waals surface area contributed by atoms with Crippen LogP contribution in [0.2, 0.25) is 0 Å². The van der Waals surface area contributed by atoms with Crippen LogP contribution < -0.4 is 9.46 Å². The summed E-state index contributed by atoms with van der Waals surface area (Å²) >= 11 is 0.989. The molecule has 0 aliphatic rings. The molecule has 0 bridgehead atoms. The molecule has 134 valence electrons. The van der Waals surface area contributed by atoms with Gasteiger partial charge in [-0.2, -0.15) is 0 Å². The van der Waals surface area contributed by atoms with E-state index in [1.165, 1.54) is 12.1 Å². The number of benzene rings is 1. The summed E-state index contributed by atoms with van der Waals surface area (Å²) < 4.78 is 32.5. The minimum Gasteiger partial charge on any atom is -0.449 e. The lowest BCUT2D eigenvalue weighted by Crippen LogP contribution is -2.15. The molecule has 3 rings (SSSR count). The Hall–Kier alpha value is -2.91. The average Bonchev–Trinajstić information content (AvgIpc) is 2.97. The molecule has 0 fully saturated rings. The van der Waals surface area contributed by atoms with E-state index < -0.39 is 16.2 Å². The van der Waals surface area contributed by atoms with Gasteiger partial charge in [0.2, 0.25) is 5.06 Å². The molecule has 0 spiro atoms. The van der Waals surface area contributed by atoms with E-state index in [1.54, 1.807) is 49.5 Å². The van der Waals surface area contributed by atoms with Crippen LogP contribution in [0.5, 0.6) is 5.06 Å². The van der Waals surface area contributed by atoms with E-state index in [9.17, 15) is 13.2 Å². The van der Waals surface area contributed by atoms with Crippen LogP contribution in [0, 0.1) is 6.92 Å². The largest absolute Gasteiger partial charge is 0.512 e. The molecule has 0 aliphatic carbocycles. The van der Waals surface area contributed by atoms with Crippen molar-refractivity contribution in [2.24, 2.45) is 0 Å². The van der Waals surface area contributed by atoms with Gasteiger partial charge >= 0.3 is 6.16 Å². The second-order valence-corrected chi connectivity index (χ2v) is 7.93. The minimum absolute atomic E-state index is 0.0429. The lowest BCUT2D eigenvalue weighted by molar-refractivity contribution is 0.146. The lowest BCUT2D eigenvalue weighted by Gasteiger charge is -2.10. The summed E-state index contributed by atoms with van der Waals surface area (Å²) in [5, 5.41) is 8.85. The van der Waals surface area contributed by atoms with Gasteiger partial charge in [-0.05, 0) is 36.8 Å². The van der Waals surface area contributed by atoms with Crippen LogP contribution in [0.3, 0.4) is 0 Å². The van der Waals surface area contributed by atoms with Crippen molar-refractivity contribution in [1.82, 2.24) is 4.98 Å². The molecule has 0 saturated heterocycles. The monoisotopic (exact) mass is 390 g/mol. The highest BCUT2D eigenvalue weighted by Crippen LogP contribution is 2.41. The summed E-state index contributed by atoms with van der Waals surface area (Å²) in [5.41, 5.74) is 1.19. The Kier molecular flexibility index (Phi) is 4.92. The fourth-order valence-corrected chi connectivity index (χ4v) is 4.59. The summed E-state index contributed by atoms with van der Waals surface area (Å²) in [5.74, 6) is 0. The molecule has 0 atom stereocenters. The van der Waals surface area contributed by atoms with Gasteiger partial charge in [-0.3, -0.25) is 9.71 Å². The van der Waals surface area contributed by atoms with Crippen LogP contribution in [-0.4, -0.2) is 24.7 Å². The van der Waals surface area contributed by atoms with Crippen molar-refractivity contribution in [3.05, 3.63) is 60.3 Å². The van der Waals surface area contributed by atoms with Gasteiger partial charge in [-0.15, -0.1) is 0 Å². The third-order valence-electron chi connectivity index (χ3n) is 3.42. The quantitative estimate of drug-likeness (QED) is 0.639. The van der Waals surface area contributed by atoms with Crippen molar-refractivity contribution in [2.45, 2.75) is 11.8 Å². The van der Waals surface area contributed by atoms with Crippen molar-refractivity contribution in [3.8, 4) is 15.6 Å². The third kappa shape index (κ3) is 3.84. The number of aromatic nitrogens is 1. The van der Waals surface area contributed by atoms with Crippen molar-refractivity contribution in [3.63, 3.8) is 0 Å². The highest BCUT2D eigenvalue weighted by molar-refractivity contribution is 7.92. The molecule has 0 aliphatic heterocycles. The van der Waals surface area contributed by atoms with Crippen molar-refractivity contribution >= 4 is 33.2 Å². The zero-order valence-electron chi connectivity index (χ0n) is 13.5. The van der Waals surface area contributed by atoms with E-state index in [0.717, 1.165) is 11.3 Å². The minimum atomic E-state index is -3.91. The van der Waals surface area contributed by atoms with E-state index in [1.807, 2.05) is 0 Å². The van der Waals surface area contributed by atoms with Gasteiger partial charge in [0.15, 0.2) is 0 Å². The number of nitrogens with zero attached hydrogens (tertiary/aromatic N) is 1. The molecule has 1 aromatic carbocycles. The van der Waals surface area contributed by atoms with Gasteiger partial charge in [-0.25, -0.2) is 13.2 Å². The highest BCUT2D eigenvalue weighted by atomic mass is 32.2. The van der Waals surface area contributed by atoms with Gasteiger partial charge in [0.05, 0.1) is 15.5 Å². The van der Waals surface area contributed by atoms with E-state index in [0.29, 0.717) is 16.1 Å². The van der Waals surface area contributed by atoms with Crippen molar-refractivity contribution in [2.75, 3.05) is 4.72 Å². The van der Waals surface area contributed by atoms with Gasteiger partial charge in [-0.1, -0.05) is 35.6 Å². The van der Waals surface area contributed by atoms with Crippen LogP contribution in [0.4, 0.5) is 10.5 Å². The first kappa shape index (κ1) is 17.9. The molecule has 26 heavy (non-hydrogen) atoms. The molecule has 3 aromatic rings. The zero-order valence-corrected chi connectivity index (χ0v) is 15.2. The fourth-order valence-electron chi connectivity index (χ4n) is 2.29. The molecule has 2 heterocycles. The van der Waals surface area contributed by atoms with Gasteiger partial charge in [0, 0.05) is 6.20 Å². The smallest absolute Gasteiger partial charge is 0.449 e. The van der Waals surface area contributed by atoms with Crippen LogP contribution in [-0.2, 0) is 10.0 Å². The average molecular weight is 390 g/mol. The molecule has 0 unspecified atom stereocenters. The highest BCUT2D eigenvalue weighted by Gasteiger charge is 2.22. The Labute approximate surface area is 154 Å². The SMILES string of the molecule is Cc1ccccc1S(=O)(=O)Nc1cc(-c2ccccn2)sc1OC(=O)O. The molecule has 2 N–H and O–H groups in total. The maximum atomic E-state index is 12.7. The Morgan fingerprint density at radius 2 is 1.92 bits per heavy atom. The van der Waals surface area contributed by atoms with Crippen molar-refractivity contribution in [1.29, 1.82) is 0 Å². The van der Waals surface area contributed by atoms with Gasteiger partial charge < -0.3 is 9.84 Å². The molecular weight excluding hydrogens is 376 g/mol. The number of aryl methyl sites for hydroxylation is 1. The first-order valence-corrected chi connectivity index (χ1v) is 9.71. The van der Waals surface area contributed by atoms with E-state index >= 15 is 0 Å². The number of thiophene rings is 1. The number of hydrogen-bond donors (Lipinski definition) is 2. The van der Waals surface area contributed by atoms with Gasteiger partial charge in [0.1, 0.15) is 5.69 Å². The number of anilines is 1. The standard InChI is InChI=1S/C17H14N2O5S2/c1-11-6-2-3-8-15(11)26(22,23)19-13-10-14(12-7-4-5-9-18-12)25-16(13)24-17(20)21/h2-10,19H,1H3,(H,20,21). The zero-order chi connectivity index (χ0) is 18.7. The Balaban J connectivity index is 2.02. The summed E-state index contributed by atoms with van der Waals surface area (Å²) in [4.78, 5) is 15.8. The second-order valence-electron chi connectivity index (χ2n) is 5.27. The molecular formula is C17H14N2O5S2. The predicted molar refractivity (Wildman–Crippen MR) is 98.2 cm³/mol. The molecule has 7 nitrogen and oxygen atoms in total.